The van der Waals surface area contributed by atoms with E-state index < -0.39 is 12.0 Å². The van der Waals surface area contributed by atoms with Crippen LogP contribution in [0.25, 0.3) is 0 Å². The molecule has 0 radical (unpaired) electrons. The molecule has 2 N–H and O–H groups in total. The summed E-state index contributed by atoms with van der Waals surface area (Å²) in [6.07, 6.45) is 0.881. The zero-order chi connectivity index (χ0) is 19.6. The third-order valence-corrected chi connectivity index (χ3v) is 3.99. The number of hydrogen-bond donors (Lipinski definition) is 2. The zero-order valence-electron chi connectivity index (χ0n) is 15.6. The molecule has 0 aromatic heterocycles. The topological polar surface area (TPSA) is 84.9 Å². The Balaban J connectivity index is 2.04. The van der Waals surface area contributed by atoms with Crippen molar-refractivity contribution in [3.05, 3.63) is 59.7 Å². The highest BCUT2D eigenvalue weighted by Crippen LogP contribution is 2.21. The SMILES string of the molecule is CCCOc1ccc([C@H](CC(=O)O)NC(=O)Cc2ccc(OC)cc2)cc1. The molecule has 0 aliphatic carbocycles. The van der Waals surface area contributed by atoms with Gasteiger partial charge in [0.05, 0.1) is 32.6 Å². The van der Waals surface area contributed by atoms with Crippen molar-refractivity contribution in [2.75, 3.05) is 13.7 Å². The smallest absolute Gasteiger partial charge is 0.305 e. The van der Waals surface area contributed by atoms with Crippen molar-refractivity contribution in [1.29, 1.82) is 0 Å². The van der Waals surface area contributed by atoms with Gasteiger partial charge in [0.15, 0.2) is 0 Å². The van der Waals surface area contributed by atoms with E-state index in [9.17, 15) is 14.7 Å². The van der Waals surface area contributed by atoms with Gasteiger partial charge in [-0.25, -0.2) is 0 Å². The van der Waals surface area contributed by atoms with Gasteiger partial charge in [-0.1, -0.05) is 31.2 Å². The van der Waals surface area contributed by atoms with Gasteiger partial charge in [0, 0.05) is 0 Å². The molecule has 0 heterocycles. The summed E-state index contributed by atoms with van der Waals surface area (Å²) < 4.78 is 10.6. The van der Waals surface area contributed by atoms with E-state index in [0.29, 0.717) is 12.4 Å². The Morgan fingerprint density at radius 3 is 2.22 bits per heavy atom. The van der Waals surface area contributed by atoms with Gasteiger partial charge in [-0.3, -0.25) is 9.59 Å². The molecule has 0 aliphatic rings. The molecular formula is C21H25NO5. The molecule has 0 fully saturated rings. The lowest BCUT2D eigenvalue weighted by atomic mass is 10.0. The van der Waals surface area contributed by atoms with Gasteiger partial charge < -0.3 is 19.9 Å². The van der Waals surface area contributed by atoms with Crippen LogP contribution in [0.5, 0.6) is 11.5 Å². The lowest BCUT2D eigenvalue weighted by Crippen LogP contribution is -2.31. The molecule has 1 atom stereocenters. The second-order valence-electron chi connectivity index (χ2n) is 6.16. The van der Waals surface area contributed by atoms with E-state index in [0.717, 1.165) is 23.3 Å². The van der Waals surface area contributed by atoms with Crippen molar-refractivity contribution in [3.63, 3.8) is 0 Å². The predicted molar refractivity (Wildman–Crippen MR) is 102 cm³/mol. The van der Waals surface area contributed by atoms with Crippen molar-refractivity contribution < 1.29 is 24.2 Å². The summed E-state index contributed by atoms with van der Waals surface area (Å²) >= 11 is 0. The second kappa shape index (κ2) is 10.2. The third kappa shape index (κ3) is 6.66. The van der Waals surface area contributed by atoms with Crippen molar-refractivity contribution in [1.82, 2.24) is 5.32 Å². The second-order valence-corrected chi connectivity index (χ2v) is 6.16. The summed E-state index contributed by atoms with van der Waals surface area (Å²) in [7, 11) is 1.58. The Kier molecular flexibility index (Phi) is 7.67. The van der Waals surface area contributed by atoms with Crippen LogP contribution in [0, 0.1) is 0 Å². The number of nitrogens with one attached hydrogen (secondary N) is 1. The van der Waals surface area contributed by atoms with Gasteiger partial charge in [-0.05, 0) is 41.8 Å². The first-order valence-electron chi connectivity index (χ1n) is 8.88. The van der Waals surface area contributed by atoms with Crippen LogP contribution in [-0.4, -0.2) is 30.7 Å². The van der Waals surface area contributed by atoms with Crippen LogP contribution in [0.3, 0.4) is 0 Å². The van der Waals surface area contributed by atoms with Crippen LogP contribution >= 0.6 is 0 Å². The van der Waals surface area contributed by atoms with Gasteiger partial charge in [0.2, 0.25) is 5.91 Å². The zero-order valence-corrected chi connectivity index (χ0v) is 15.6. The fourth-order valence-corrected chi connectivity index (χ4v) is 2.62. The highest BCUT2D eigenvalue weighted by atomic mass is 16.5. The van der Waals surface area contributed by atoms with Crippen molar-refractivity contribution >= 4 is 11.9 Å². The van der Waals surface area contributed by atoms with E-state index in [1.807, 2.05) is 19.1 Å². The molecule has 0 bridgehead atoms. The number of carbonyl (C=O) groups excluding carboxylic acids is 1. The molecule has 0 saturated heterocycles. The van der Waals surface area contributed by atoms with Crippen molar-refractivity contribution in [2.24, 2.45) is 0 Å². The average Bonchev–Trinajstić information content (AvgIpc) is 2.66. The number of carbonyl (C=O) groups is 2. The lowest BCUT2D eigenvalue weighted by Gasteiger charge is -2.18. The van der Waals surface area contributed by atoms with Crippen LogP contribution in [-0.2, 0) is 16.0 Å². The minimum atomic E-state index is -0.976. The Hall–Kier alpha value is -3.02. The Bertz CT molecular complexity index is 740. The fraction of sp³-hybridized carbons (Fsp3) is 0.333. The molecule has 6 heteroatoms. The molecule has 0 saturated carbocycles. The summed E-state index contributed by atoms with van der Waals surface area (Å²) in [6.45, 7) is 2.64. The van der Waals surface area contributed by atoms with Crippen molar-refractivity contribution in [2.45, 2.75) is 32.2 Å². The summed E-state index contributed by atoms with van der Waals surface area (Å²) in [5.74, 6) is 0.223. The number of benzene rings is 2. The lowest BCUT2D eigenvalue weighted by molar-refractivity contribution is -0.137. The Labute approximate surface area is 159 Å². The summed E-state index contributed by atoms with van der Waals surface area (Å²) in [5.41, 5.74) is 1.55. The van der Waals surface area contributed by atoms with Crippen LogP contribution < -0.4 is 14.8 Å². The van der Waals surface area contributed by atoms with Gasteiger partial charge in [0.1, 0.15) is 11.5 Å². The molecular weight excluding hydrogens is 346 g/mol. The molecule has 2 aromatic carbocycles. The fourth-order valence-electron chi connectivity index (χ4n) is 2.62. The molecule has 27 heavy (non-hydrogen) atoms. The van der Waals surface area contributed by atoms with E-state index in [4.69, 9.17) is 9.47 Å². The molecule has 1 amide bonds. The van der Waals surface area contributed by atoms with Gasteiger partial charge in [-0.15, -0.1) is 0 Å². The first kappa shape index (κ1) is 20.3. The number of hydrogen-bond acceptors (Lipinski definition) is 4. The summed E-state index contributed by atoms with van der Waals surface area (Å²) in [5, 5.41) is 12.0. The minimum Gasteiger partial charge on any atom is -0.497 e. The van der Waals surface area contributed by atoms with Gasteiger partial charge in [-0.2, -0.15) is 0 Å². The molecule has 2 aromatic rings. The number of ether oxygens (including phenoxy) is 2. The monoisotopic (exact) mass is 371 g/mol. The van der Waals surface area contributed by atoms with E-state index in [-0.39, 0.29) is 18.7 Å². The van der Waals surface area contributed by atoms with E-state index in [1.54, 1.807) is 43.5 Å². The van der Waals surface area contributed by atoms with Crippen LogP contribution in [0.4, 0.5) is 0 Å². The van der Waals surface area contributed by atoms with E-state index in [1.165, 1.54) is 0 Å². The standard InChI is InChI=1S/C21H25NO5/c1-3-12-27-18-10-6-16(7-11-18)19(14-21(24)25)22-20(23)13-15-4-8-17(26-2)9-5-15/h4-11,19H,3,12-14H2,1-2H3,(H,22,23)(H,24,25)/t19-/m0/s1. The highest BCUT2D eigenvalue weighted by Gasteiger charge is 2.18. The Morgan fingerprint density at radius 1 is 1.04 bits per heavy atom. The molecule has 0 unspecified atom stereocenters. The quantitative estimate of drug-likeness (QED) is 0.669. The average molecular weight is 371 g/mol. The number of amides is 1. The number of methoxy groups -OCH3 is 1. The van der Waals surface area contributed by atoms with Crippen molar-refractivity contribution in [3.8, 4) is 11.5 Å². The van der Waals surface area contributed by atoms with Gasteiger partial charge >= 0.3 is 5.97 Å². The third-order valence-electron chi connectivity index (χ3n) is 3.99. The van der Waals surface area contributed by atoms with E-state index in [2.05, 4.69) is 5.32 Å². The maximum absolute atomic E-state index is 12.4. The van der Waals surface area contributed by atoms with Gasteiger partial charge in [0.25, 0.3) is 0 Å². The van der Waals surface area contributed by atoms with Crippen LogP contribution in [0.15, 0.2) is 48.5 Å². The molecule has 0 aliphatic heterocycles. The maximum Gasteiger partial charge on any atom is 0.305 e. The molecule has 0 spiro atoms. The number of carboxylic acid groups (broad SMARTS) is 1. The molecule has 2 rings (SSSR count). The van der Waals surface area contributed by atoms with Crippen LogP contribution in [0.1, 0.15) is 36.9 Å². The minimum absolute atomic E-state index is 0.164. The first-order chi connectivity index (χ1) is 13.0. The normalized spacial score (nSPS) is 11.5. The summed E-state index contributed by atoms with van der Waals surface area (Å²) in [6, 6.07) is 13.7. The largest absolute Gasteiger partial charge is 0.497 e. The molecule has 144 valence electrons. The number of rotatable bonds is 10. The maximum atomic E-state index is 12.4. The van der Waals surface area contributed by atoms with Crippen LogP contribution in [0.2, 0.25) is 0 Å². The number of aliphatic carboxylic acids is 1. The Morgan fingerprint density at radius 2 is 1.67 bits per heavy atom. The summed E-state index contributed by atoms with van der Waals surface area (Å²) in [4.78, 5) is 23.6. The molecule has 6 nitrogen and oxygen atoms in total. The first-order valence-corrected chi connectivity index (χ1v) is 8.88. The number of carboxylic acids is 1. The predicted octanol–water partition coefficient (Wildman–Crippen LogP) is 3.36. The highest BCUT2D eigenvalue weighted by molar-refractivity contribution is 5.80. The van der Waals surface area contributed by atoms with E-state index >= 15 is 0 Å².